The number of ether oxygens (including phenoxy) is 2. The van der Waals surface area contributed by atoms with Crippen LogP contribution >= 0.6 is 0 Å². The second-order valence-electron chi connectivity index (χ2n) is 14.0. The molecule has 2 aliphatic heterocycles. The largest absolute Gasteiger partial charge is 0.496 e. The molecule has 1 unspecified atom stereocenters. The van der Waals surface area contributed by atoms with Gasteiger partial charge in [-0.05, 0) is 84.7 Å². The molecular weight excluding hydrogens is 668 g/mol. The van der Waals surface area contributed by atoms with E-state index < -0.39 is 24.4 Å². The molecule has 8 rings (SSSR count). The Bertz CT molecular complexity index is 2340. The van der Waals surface area contributed by atoms with E-state index in [4.69, 9.17) is 9.47 Å². The average molecular weight is 708 g/mol. The van der Waals surface area contributed by atoms with Gasteiger partial charge in [0.05, 0.1) is 37.5 Å². The van der Waals surface area contributed by atoms with Gasteiger partial charge in [-0.2, -0.15) is 13.9 Å². The van der Waals surface area contributed by atoms with E-state index in [2.05, 4.69) is 10.4 Å². The summed E-state index contributed by atoms with van der Waals surface area (Å²) in [6.07, 6.45) is 4.90. The first-order valence-corrected chi connectivity index (χ1v) is 17.5. The maximum Gasteiger partial charge on any atom is 0.286 e. The van der Waals surface area contributed by atoms with Crippen LogP contribution in [0.1, 0.15) is 58.8 Å². The molecule has 1 N–H and O–H groups in total. The van der Waals surface area contributed by atoms with E-state index in [1.807, 2.05) is 49.5 Å². The summed E-state index contributed by atoms with van der Waals surface area (Å²) in [4.78, 5) is 38.9. The zero-order chi connectivity index (χ0) is 36.5. The van der Waals surface area contributed by atoms with Crippen LogP contribution in [0.2, 0.25) is 0 Å². The van der Waals surface area contributed by atoms with Crippen molar-refractivity contribution in [2.45, 2.75) is 64.1 Å². The predicted octanol–water partition coefficient (Wildman–Crippen LogP) is 5.97. The molecule has 268 valence electrons. The average Bonchev–Trinajstić information content (AvgIpc) is 3.75. The molecule has 1 atom stereocenters. The number of benzene rings is 3. The monoisotopic (exact) mass is 707 g/mol. The summed E-state index contributed by atoms with van der Waals surface area (Å²) in [5, 5.41) is 7.84. The number of rotatable bonds is 7. The van der Waals surface area contributed by atoms with Crippen molar-refractivity contribution in [2.75, 3.05) is 20.8 Å². The van der Waals surface area contributed by atoms with Crippen molar-refractivity contribution in [1.29, 1.82) is 0 Å². The molecule has 1 saturated heterocycles. The minimum Gasteiger partial charge on any atom is -0.496 e. The van der Waals surface area contributed by atoms with E-state index in [1.165, 1.54) is 0 Å². The van der Waals surface area contributed by atoms with E-state index in [0.29, 0.717) is 52.4 Å². The first kappa shape index (κ1) is 33.8. The summed E-state index contributed by atoms with van der Waals surface area (Å²) in [6, 6.07) is 13.9. The molecule has 0 radical (unpaired) electrons. The lowest BCUT2D eigenvalue weighted by molar-refractivity contribution is -0.135. The first-order chi connectivity index (χ1) is 25.0. The maximum atomic E-state index is 16.2. The number of aromatic nitrogens is 3. The molecule has 1 fully saturated rings. The zero-order valence-corrected chi connectivity index (χ0v) is 29.5. The molecule has 3 aromatic carbocycles. The van der Waals surface area contributed by atoms with Crippen molar-refractivity contribution in [3.05, 3.63) is 98.6 Å². The summed E-state index contributed by atoms with van der Waals surface area (Å²) in [6.45, 7) is 1.81. The van der Waals surface area contributed by atoms with Crippen LogP contribution in [0.25, 0.3) is 33.2 Å². The summed E-state index contributed by atoms with van der Waals surface area (Å²) in [5.41, 5.74) is 7.62. The summed E-state index contributed by atoms with van der Waals surface area (Å²) in [5.74, 6) is -2.80. The second-order valence-corrected chi connectivity index (χ2v) is 14.0. The van der Waals surface area contributed by atoms with Gasteiger partial charge < -0.3 is 14.0 Å². The molecule has 0 bridgehead atoms. The molecule has 0 spiro atoms. The van der Waals surface area contributed by atoms with Gasteiger partial charge >= 0.3 is 0 Å². The Morgan fingerprint density at radius 2 is 1.69 bits per heavy atom. The normalized spacial score (nSPS) is 18.3. The van der Waals surface area contributed by atoms with Crippen LogP contribution in [-0.4, -0.2) is 51.8 Å². The minimum absolute atomic E-state index is 0.0220. The van der Waals surface area contributed by atoms with Crippen molar-refractivity contribution in [3.63, 3.8) is 0 Å². The fourth-order valence-corrected chi connectivity index (χ4v) is 8.36. The Labute approximate surface area is 298 Å². The molecule has 2 amide bonds. The van der Waals surface area contributed by atoms with Gasteiger partial charge in [-0.1, -0.05) is 24.3 Å². The summed E-state index contributed by atoms with van der Waals surface area (Å²) in [7, 11) is 4.88. The van der Waals surface area contributed by atoms with Gasteiger partial charge in [-0.25, -0.2) is 0 Å². The van der Waals surface area contributed by atoms with E-state index in [1.54, 1.807) is 47.5 Å². The summed E-state index contributed by atoms with van der Waals surface area (Å²) >= 11 is 0. The Hall–Kier alpha value is -5.36. The first-order valence-electron chi connectivity index (χ1n) is 17.5. The van der Waals surface area contributed by atoms with Gasteiger partial charge in [0.1, 0.15) is 17.5 Å². The van der Waals surface area contributed by atoms with Crippen LogP contribution in [0.15, 0.2) is 59.5 Å². The number of pyridine rings is 1. The number of nitrogens with zero attached hydrogens (tertiary/aromatic N) is 4. The van der Waals surface area contributed by atoms with Crippen molar-refractivity contribution in [1.82, 2.24) is 24.6 Å². The second kappa shape index (κ2) is 12.7. The molecule has 10 nitrogen and oxygen atoms in total. The quantitative estimate of drug-likeness (QED) is 0.208. The number of nitrogens with one attached hydrogen (secondary N) is 1. The zero-order valence-electron chi connectivity index (χ0n) is 29.5. The molecule has 2 aromatic heterocycles. The number of amides is 2. The number of methoxy groups -OCH3 is 2. The molecule has 1 aliphatic carbocycles. The maximum absolute atomic E-state index is 16.2. The number of halogens is 2. The molecule has 0 saturated carbocycles. The standard InChI is InChI=1S/C40H39F2N5O5/c1-22-37-26(7-6-10-32(37)47(44-22)33-13-14-36(48)43-38(33)49)23-11-12-24-18-46(21-40(41,42)31(24)15-23)20-30-34(51-3)16-25(17-35(30)52-4)29-19-45(2)39(50)28-9-5-8-27(28)29/h6-7,10-12,15-17,19,33H,5,8-9,13-14,18,20-21H2,1-4H3,(H,43,48,49). The van der Waals surface area contributed by atoms with E-state index in [9.17, 15) is 14.4 Å². The van der Waals surface area contributed by atoms with Crippen molar-refractivity contribution in [2.24, 2.45) is 7.05 Å². The lowest BCUT2D eigenvalue weighted by Crippen LogP contribution is -2.42. The number of piperidine rings is 1. The van der Waals surface area contributed by atoms with Crippen LogP contribution in [-0.2, 0) is 48.5 Å². The van der Waals surface area contributed by atoms with Crippen molar-refractivity contribution >= 4 is 22.7 Å². The Kier molecular flexibility index (Phi) is 8.24. The number of hydrogen-bond acceptors (Lipinski definition) is 7. The highest BCUT2D eigenvalue weighted by molar-refractivity contribution is 6.01. The van der Waals surface area contributed by atoms with Crippen LogP contribution in [0.4, 0.5) is 8.78 Å². The number of imide groups is 1. The fourth-order valence-electron chi connectivity index (χ4n) is 8.36. The summed E-state index contributed by atoms with van der Waals surface area (Å²) < 4.78 is 47.3. The Morgan fingerprint density at radius 1 is 0.942 bits per heavy atom. The highest BCUT2D eigenvalue weighted by Gasteiger charge is 2.41. The predicted molar refractivity (Wildman–Crippen MR) is 192 cm³/mol. The lowest BCUT2D eigenvalue weighted by atomic mass is 9.90. The van der Waals surface area contributed by atoms with Crippen molar-refractivity contribution < 1.29 is 27.8 Å². The molecule has 4 heterocycles. The molecule has 52 heavy (non-hydrogen) atoms. The fraction of sp³-hybridized carbons (Fsp3) is 0.350. The topological polar surface area (TPSA) is 108 Å². The van der Waals surface area contributed by atoms with E-state index in [-0.39, 0.29) is 30.0 Å². The highest BCUT2D eigenvalue weighted by atomic mass is 19.3. The Balaban J connectivity index is 1.11. The van der Waals surface area contributed by atoms with E-state index >= 15 is 8.78 Å². The van der Waals surface area contributed by atoms with Gasteiger partial charge in [-0.15, -0.1) is 0 Å². The number of carbonyl (C=O) groups excluding carboxylic acids is 2. The number of fused-ring (bicyclic) bond motifs is 3. The van der Waals surface area contributed by atoms with Crippen molar-refractivity contribution in [3.8, 4) is 33.8 Å². The third kappa shape index (κ3) is 5.56. The van der Waals surface area contributed by atoms with Gasteiger partial charge in [0.2, 0.25) is 5.91 Å². The molecule has 12 heteroatoms. The van der Waals surface area contributed by atoms with Gasteiger partial charge in [-0.3, -0.25) is 29.3 Å². The third-order valence-electron chi connectivity index (χ3n) is 10.8. The molecule has 3 aliphatic rings. The Morgan fingerprint density at radius 3 is 2.42 bits per heavy atom. The van der Waals surface area contributed by atoms with Gasteiger partial charge in [0, 0.05) is 54.8 Å². The molecular formula is C40H39F2N5O5. The SMILES string of the molecule is COc1cc(-c2cn(C)c(=O)c3c2CCC3)cc(OC)c1CN1Cc2ccc(-c3cccc4c3c(C)nn4C3CCC(=O)NC3=O)cc2C(F)(F)C1. The number of aryl methyl sites for hydroxylation is 2. The van der Waals surface area contributed by atoms with Crippen LogP contribution in [0, 0.1) is 6.92 Å². The van der Waals surface area contributed by atoms with Gasteiger partial charge in [0.25, 0.3) is 17.4 Å². The third-order valence-corrected chi connectivity index (χ3v) is 10.8. The van der Waals surface area contributed by atoms with Gasteiger partial charge in [0.15, 0.2) is 0 Å². The van der Waals surface area contributed by atoms with Crippen LogP contribution in [0.5, 0.6) is 11.5 Å². The molecule has 5 aromatic rings. The van der Waals surface area contributed by atoms with Crippen LogP contribution in [0.3, 0.4) is 0 Å². The number of hydrogen-bond donors (Lipinski definition) is 1. The lowest BCUT2D eigenvalue weighted by Gasteiger charge is -2.35. The van der Waals surface area contributed by atoms with E-state index in [0.717, 1.165) is 52.5 Å². The number of alkyl halides is 2. The highest BCUT2D eigenvalue weighted by Crippen LogP contribution is 2.44. The van der Waals surface area contributed by atoms with Crippen LogP contribution < -0.4 is 20.3 Å². The smallest absolute Gasteiger partial charge is 0.286 e. The number of carbonyl (C=O) groups is 2. The minimum atomic E-state index is -3.15.